The van der Waals surface area contributed by atoms with Crippen molar-refractivity contribution in [1.82, 2.24) is 10.3 Å². The van der Waals surface area contributed by atoms with Gasteiger partial charge in [-0.25, -0.2) is 4.98 Å². The molecule has 0 aliphatic rings. The first-order chi connectivity index (χ1) is 7.00. The van der Waals surface area contributed by atoms with Crippen LogP contribution in [0.2, 0.25) is 5.15 Å². The number of nitrogens with zero attached hydrogens (tertiary/aromatic N) is 1. The molecule has 0 saturated heterocycles. The highest BCUT2D eigenvalue weighted by molar-refractivity contribution is 6.29. The molecule has 1 aromatic rings. The lowest BCUT2D eigenvalue weighted by atomic mass is 10.3. The van der Waals surface area contributed by atoms with E-state index < -0.39 is 17.9 Å². The van der Waals surface area contributed by atoms with Crippen molar-refractivity contribution in [3.05, 3.63) is 29.0 Å². The summed E-state index contributed by atoms with van der Waals surface area (Å²) in [6, 6.07) is 3.59. The fourth-order valence-electron chi connectivity index (χ4n) is 0.867. The van der Waals surface area contributed by atoms with Crippen LogP contribution >= 0.6 is 11.6 Å². The maximum atomic E-state index is 11.4. The quantitative estimate of drug-likeness (QED) is 0.755. The number of carbonyl (C=O) groups is 2. The topological polar surface area (TPSA) is 79.3 Å². The number of carboxylic acid groups (broad SMARTS) is 1. The predicted octanol–water partition coefficient (Wildman–Crippen LogP) is 0.938. The van der Waals surface area contributed by atoms with E-state index in [1.807, 2.05) is 0 Å². The first-order valence-corrected chi connectivity index (χ1v) is 4.54. The highest BCUT2D eigenvalue weighted by Crippen LogP contribution is 2.04. The summed E-state index contributed by atoms with van der Waals surface area (Å²) in [6.07, 6.45) is 0. The van der Waals surface area contributed by atoms with Crippen LogP contribution in [-0.2, 0) is 4.79 Å². The number of nitrogens with one attached hydrogen (secondary N) is 1. The molecule has 0 bridgehead atoms. The molecule has 0 aliphatic heterocycles. The number of rotatable bonds is 3. The van der Waals surface area contributed by atoms with Crippen molar-refractivity contribution in [2.75, 3.05) is 0 Å². The van der Waals surface area contributed by atoms with E-state index in [2.05, 4.69) is 10.3 Å². The summed E-state index contributed by atoms with van der Waals surface area (Å²) in [4.78, 5) is 25.6. The van der Waals surface area contributed by atoms with Crippen molar-refractivity contribution in [1.29, 1.82) is 0 Å². The number of halogens is 1. The molecule has 6 heteroatoms. The molecule has 1 heterocycles. The summed E-state index contributed by atoms with van der Waals surface area (Å²) in [6.45, 7) is 1.37. The Kier molecular flexibility index (Phi) is 3.62. The molecule has 80 valence electrons. The van der Waals surface area contributed by atoms with Crippen LogP contribution in [0.5, 0.6) is 0 Å². The van der Waals surface area contributed by atoms with E-state index in [0.717, 1.165) is 0 Å². The van der Waals surface area contributed by atoms with E-state index in [1.54, 1.807) is 6.07 Å². The molecule has 5 nitrogen and oxygen atoms in total. The molecular formula is C9H9ClN2O3. The first-order valence-electron chi connectivity index (χ1n) is 4.17. The molecule has 0 radical (unpaired) electrons. The molecule has 0 aliphatic carbocycles. The molecule has 0 aromatic carbocycles. The molecule has 1 rings (SSSR count). The second-order valence-corrected chi connectivity index (χ2v) is 3.27. The zero-order chi connectivity index (χ0) is 11.4. The van der Waals surface area contributed by atoms with E-state index in [4.69, 9.17) is 16.7 Å². The fraction of sp³-hybridized carbons (Fsp3) is 0.222. The number of amides is 1. The highest BCUT2D eigenvalue weighted by atomic mass is 35.5. The van der Waals surface area contributed by atoms with Gasteiger partial charge in [-0.2, -0.15) is 0 Å². The summed E-state index contributed by atoms with van der Waals surface area (Å²) in [5.41, 5.74) is 0.0931. The van der Waals surface area contributed by atoms with Crippen LogP contribution in [0.15, 0.2) is 18.2 Å². The number of carbonyl (C=O) groups excluding carboxylic acids is 1. The van der Waals surface area contributed by atoms with Gasteiger partial charge in [-0.3, -0.25) is 9.59 Å². The third kappa shape index (κ3) is 3.21. The van der Waals surface area contributed by atoms with Gasteiger partial charge in [-0.15, -0.1) is 0 Å². The Bertz CT molecular complexity index is 395. The average Bonchev–Trinajstić information content (AvgIpc) is 2.17. The minimum absolute atomic E-state index is 0.0931. The van der Waals surface area contributed by atoms with E-state index in [0.29, 0.717) is 0 Å². The molecular weight excluding hydrogens is 220 g/mol. The van der Waals surface area contributed by atoms with Crippen LogP contribution in [0, 0.1) is 0 Å². The minimum Gasteiger partial charge on any atom is -0.480 e. The van der Waals surface area contributed by atoms with E-state index >= 15 is 0 Å². The molecule has 1 atom stereocenters. The van der Waals surface area contributed by atoms with Crippen molar-refractivity contribution in [3.8, 4) is 0 Å². The lowest BCUT2D eigenvalue weighted by molar-refractivity contribution is -0.138. The van der Waals surface area contributed by atoms with Gasteiger partial charge in [-0.05, 0) is 19.1 Å². The van der Waals surface area contributed by atoms with E-state index in [1.165, 1.54) is 19.1 Å². The second kappa shape index (κ2) is 4.75. The minimum atomic E-state index is -1.11. The van der Waals surface area contributed by atoms with E-state index in [9.17, 15) is 9.59 Å². The molecule has 0 unspecified atom stereocenters. The Balaban J connectivity index is 2.73. The zero-order valence-electron chi connectivity index (χ0n) is 7.90. The van der Waals surface area contributed by atoms with Gasteiger partial charge in [0.2, 0.25) is 0 Å². The number of aliphatic carboxylic acids is 1. The number of hydrogen-bond acceptors (Lipinski definition) is 3. The summed E-state index contributed by atoms with van der Waals surface area (Å²) in [7, 11) is 0. The molecule has 1 amide bonds. The third-order valence-corrected chi connectivity index (χ3v) is 1.88. The van der Waals surface area contributed by atoms with Crippen molar-refractivity contribution < 1.29 is 14.7 Å². The zero-order valence-corrected chi connectivity index (χ0v) is 8.65. The number of hydrogen-bond donors (Lipinski definition) is 2. The van der Waals surface area contributed by atoms with Crippen LogP contribution < -0.4 is 5.32 Å². The monoisotopic (exact) mass is 228 g/mol. The van der Waals surface area contributed by atoms with Crippen LogP contribution in [0.4, 0.5) is 0 Å². The van der Waals surface area contributed by atoms with Crippen molar-refractivity contribution in [3.63, 3.8) is 0 Å². The molecule has 1 aromatic heterocycles. The lowest BCUT2D eigenvalue weighted by Crippen LogP contribution is -2.38. The van der Waals surface area contributed by atoms with Crippen molar-refractivity contribution >= 4 is 23.5 Å². The maximum absolute atomic E-state index is 11.4. The van der Waals surface area contributed by atoms with Gasteiger partial charge in [0.25, 0.3) is 5.91 Å². The van der Waals surface area contributed by atoms with Gasteiger partial charge in [0, 0.05) is 0 Å². The normalized spacial score (nSPS) is 11.9. The fourth-order valence-corrected chi connectivity index (χ4v) is 1.03. The Hall–Kier alpha value is -1.62. The Morgan fingerprint density at radius 1 is 1.53 bits per heavy atom. The Labute approximate surface area is 91.1 Å². The van der Waals surface area contributed by atoms with Gasteiger partial charge in [0.05, 0.1) is 0 Å². The number of pyridine rings is 1. The molecule has 0 fully saturated rings. The SMILES string of the molecule is C[C@H](NC(=O)c1cccc(Cl)n1)C(=O)O. The van der Waals surface area contributed by atoms with E-state index in [-0.39, 0.29) is 10.8 Å². The smallest absolute Gasteiger partial charge is 0.325 e. The predicted molar refractivity (Wildman–Crippen MR) is 53.8 cm³/mol. The average molecular weight is 229 g/mol. The van der Waals surface area contributed by atoms with Crippen LogP contribution in [0.3, 0.4) is 0 Å². The lowest BCUT2D eigenvalue weighted by Gasteiger charge is -2.08. The molecule has 0 spiro atoms. The highest BCUT2D eigenvalue weighted by Gasteiger charge is 2.15. The van der Waals surface area contributed by atoms with Crippen molar-refractivity contribution in [2.45, 2.75) is 13.0 Å². The van der Waals surface area contributed by atoms with Gasteiger partial charge in [0.1, 0.15) is 16.9 Å². The maximum Gasteiger partial charge on any atom is 0.325 e. The van der Waals surface area contributed by atoms with Gasteiger partial charge in [0.15, 0.2) is 0 Å². The van der Waals surface area contributed by atoms with Gasteiger partial charge < -0.3 is 10.4 Å². The number of aromatic nitrogens is 1. The van der Waals surface area contributed by atoms with Crippen LogP contribution in [0.1, 0.15) is 17.4 Å². The number of carboxylic acids is 1. The second-order valence-electron chi connectivity index (χ2n) is 2.88. The van der Waals surface area contributed by atoms with Crippen molar-refractivity contribution in [2.24, 2.45) is 0 Å². The Morgan fingerprint density at radius 2 is 2.20 bits per heavy atom. The first kappa shape index (κ1) is 11.5. The summed E-state index contributed by atoms with van der Waals surface area (Å²) in [5, 5.41) is 11.0. The summed E-state index contributed by atoms with van der Waals surface area (Å²) in [5.74, 6) is -1.67. The standard InChI is InChI=1S/C9H9ClN2O3/c1-5(9(14)15)11-8(13)6-3-2-4-7(10)12-6/h2-5H,1H3,(H,11,13)(H,14,15)/t5-/m0/s1. The van der Waals surface area contributed by atoms with Gasteiger partial charge in [-0.1, -0.05) is 17.7 Å². The van der Waals surface area contributed by atoms with Crippen LogP contribution in [-0.4, -0.2) is 28.0 Å². The molecule has 2 N–H and O–H groups in total. The summed E-state index contributed by atoms with van der Waals surface area (Å²) < 4.78 is 0. The third-order valence-electron chi connectivity index (χ3n) is 1.67. The Morgan fingerprint density at radius 3 is 2.73 bits per heavy atom. The molecule has 15 heavy (non-hydrogen) atoms. The largest absolute Gasteiger partial charge is 0.480 e. The van der Waals surface area contributed by atoms with Gasteiger partial charge >= 0.3 is 5.97 Å². The molecule has 0 saturated carbocycles. The van der Waals surface area contributed by atoms with Crippen LogP contribution in [0.25, 0.3) is 0 Å². The summed E-state index contributed by atoms with van der Waals surface area (Å²) >= 11 is 5.58.